The van der Waals surface area contributed by atoms with Crippen LogP contribution in [0.1, 0.15) is 12.8 Å². The van der Waals surface area contributed by atoms with Crippen molar-refractivity contribution in [2.75, 3.05) is 33.3 Å². The Labute approximate surface area is 78.1 Å². The first-order chi connectivity index (χ1) is 6.20. The van der Waals surface area contributed by atoms with Crippen LogP contribution in [-0.2, 0) is 4.79 Å². The minimum atomic E-state index is -0.563. The number of piperazine rings is 1. The van der Waals surface area contributed by atoms with Crippen molar-refractivity contribution in [1.29, 1.82) is 0 Å². The highest BCUT2D eigenvalue weighted by Gasteiger charge is 2.50. The summed E-state index contributed by atoms with van der Waals surface area (Å²) in [7, 11) is 1.81. The molecular weight excluding hydrogens is 168 g/mol. The van der Waals surface area contributed by atoms with Gasteiger partial charge in [-0.05, 0) is 19.4 Å². The molecule has 2 aliphatic rings. The maximum atomic E-state index is 11.9. The fourth-order valence-corrected chi connectivity index (χ4v) is 2.48. The number of carbonyl (C=O) groups excluding carboxylic acids is 1. The molecule has 74 valence electrons. The number of aliphatic hydroxyl groups is 1. The number of hydrogen-bond donors (Lipinski definition) is 1. The van der Waals surface area contributed by atoms with E-state index in [2.05, 4.69) is 4.90 Å². The van der Waals surface area contributed by atoms with Gasteiger partial charge in [-0.3, -0.25) is 9.69 Å². The molecule has 2 heterocycles. The lowest BCUT2D eigenvalue weighted by molar-refractivity contribution is -0.150. The molecule has 0 aromatic rings. The van der Waals surface area contributed by atoms with Crippen molar-refractivity contribution in [1.82, 2.24) is 9.80 Å². The van der Waals surface area contributed by atoms with Crippen LogP contribution in [0, 0.1) is 0 Å². The van der Waals surface area contributed by atoms with Crippen molar-refractivity contribution in [3.63, 3.8) is 0 Å². The highest BCUT2D eigenvalue weighted by atomic mass is 16.3. The van der Waals surface area contributed by atoms with Gasteiger partial charge in [-0.25, -0.2) is 0 Å². The van der Waals surface area contributed by atoms with Gasteiger partial charge in [0, 0.05) is 20.1 Å². The van der Waals surface area contributed by atoms with E-state index in [0.29, 0.717) is 0 Å². The van der Waals surface area contributed by atoms with E-state index >= 15 is 0 Å². The number of rotatable bonds is 1. The van der Waals surface area contributed by atoms with Crippen LogP contribution < -0.4 is 0 Å². The smallest absolute Gasteiger partial charge is 0.245 e. The number of hydrogen-bond acceptors (Lipinski definition) is 3. The zero-order chi connectivity index (χ0) is 9.47. The molecule has 0 aliphatic carbocycles. The third kappa shape index (κ3) is 1.09. The second kappa shape index (κ2) is 2.96. The molecule has 2 saturated heterocycles. The number of nitrogens with zero attached hydrogens (tertiary/aromatic N) is 2. The van der Waals surface area contributed by atoms with Crippen molar-refractivity contribution >= 4 is 5.91 Å². The molecule has 13 heavy (non-hydrogen) atoms. The van der Waals surface area contributed by atoms with Crippen LogP contribution in [0.5, 0.6) is 0 Å². The number of fused-ring (bicyclic) bond motifs is 1. The fourth-order valence-electron chi connectivity index (χ4n) is 2.48. The number of amides is 1. The standard InChI is InChI=1S/C9H16N2O2/c1-10-5-6-11-4-2-3-9(11,7-12)8(10)13/h12H,2-7H2,1H3. The van der Waals surface area contributed by atoms with Gasteiger partial charge in [0.05, 0.1) is 6.61 Å². The molecule has 4 heteroatoms. The minimum Gasteiger partial charge on any atom is -0.394 e. The van der Waals surface area contributed by atoms with Crippen LogP contribution in [0.2, 0.25) is 0 Å². The van der Waals surface area contributed by atoms with Crippen molar-refractivity contribution in [2.24, 2.45) is 0 Å². The van der Waals surface area contributed by atoms with Crippen molar-refractivity contribution in [3.05, 3.63) is 0 Å². The number of likely N-dealkylation sites (N-methyl/N-ethyl adjacent to an activating group) is 1. The van der Waals surface area contributed by atoms with Gasteiger partial charge >= 0.3 is 0 Å². The molecule has 0 saturated carbocycles. The summed E-state index contributed by atoms with van der Waals surface area (Å²) in [5.74, 6) is 0.0961. The zero-order valence-electron chi connectivity index (χ0n) is 7.99. The number of aliphatic hydroxyl groups excluding tert-OH is 1. The van der Waals surface area contributed by atoms with Gasteiger partial charge in [0.25, 0.3) is 0 Å². The van der Waals surface area contributed by atoms with Gasteiger partial charge in [0.15, 0.2) is 0 Å². The molecule has 0 spiro atoms. The predicted octanol–water partition coefficient (Wildman–Crippen LogP) is -0.715. The maximum absolute atomic E-state index is 11.9. The maximum Gasteiger partial charge on any atom is 0.245 e. The Balaban J connectivity index is 2.28. The van der Waals surface area contributed by atoms with E-state index in [1.807, 2.05) is 7.05 Å². The van der Waals surface area contributed by atoms with E-state index in [0.717, 1.165) is 32.5 Å². The summed E-state index contributed by atoms with van der Waals surface area (Å²) in [6.45, 7) is 2.62. The minimum absolute atomic E-state index is 0.0316. The quantitative estimate of drug-likeness (QED) is 0.585. The van der Waals surface area contributed by atoms with E-state index in [9.17, 15) is 9.90 Å². The molecule has 0 aromatic carbocycles. The molecule has 0 aromatic heterocycles. The summed E-state index contributed by atoms with van der Waals surface area (Å²) in [5, 5.41) is 9.35. The molecule has 0 radical (unpaired) electrons. The summed E-state index contributed by atoms with van der Waals surface area (Å²) in [4.78, 5) is 15.8. The lowest BCUT2D eigenvalue weighted by atomic mass is 9.93. The summed E-state index contributed by atoms with van der Waals surface area (Å²) in [6, 6.07) is 0. The molecule has 1 atom stereocenters. The topological polar surface area (TPSA) is 43.8 Å². The highest BCUT2D eigenvalue weighted by molar-refractivity contribution is 5.87. The van der Waals surface area contributed by atoms with Crippen LogP contribution >= 0.6 is 0 Å². The average Bonchev–Trinajstić information content (AvgIpc) is 2.56. The highest BCUT2D eigenvalue weighted by Crippen LogP contribution is 2.32. The molecule has 4 nitrogen and oxygen atoms in total. The van der Waals surface area contributed by atoms with Crippen LogP contribution in [0.3, 0.4) is 0 Å². The Kier molecular flexibility index (Phi) is 2.04. The summed E-state index contributed by atoms with van der Waals surface area (Å²) >= 11 is 0. The summed E-state index contributed by atoms with van der Waals surface area (Å²) < 4.78 is 0. The fraction of sp³-hybridized carbons (Fsp3) is 0.889. The second-order valence-corrected chi connectivity index (χ2v) is 4.01. The summed E-state index contributed by atoms with van der Waals surface area (Å²) in [6.07, 6.45) is 1.84. The Morgan fingerprint density at radius 3 is 2.92 bits per heavy atom. The Hall–Kier alpha value is -0.610. The molecule has 0 bridgehead atoms. The third-order valence-electron chi connectivity index (χ3n) is 3.34. The monoisotopic (exact) mass is 184 g/mol. The lowest BCUT2D eigenvalue weighted by Gasteiger charge is -2.43. The predicted molar refractivity (Wildman–Crippen MR) is 48.3 cm³/mol. The van der Waals surface area contributed by atoms with Crippen molar-refractivity contribution < 1.29 is 9.90 Å². The zero-order valence-corrected chi connectivity index (χ0v) is 7.99. The second-order valence-electron chi connectivity index (χ2n) is 4.01. The van der Waals surface area contributed by atoms with E-state index in [-0.39, 0.29) is 12.5 Å². The Bertz CT molecular complexity index is 232. The largest absolute Gasteiger partial charge is 0.394 e. The van der Waals surface area contributed by atoms with Crippen LogP contribution in [0.4, 0.5) is 0 Å². The molecule has 1 amide bonds. The molecule has 2 fully saturated rings. The first-order valence-electron chi connectivity index (χ1n) is 4.82. The van der Waals surface area contributed by atoms with Crippen LogP contribution in [0.15, 0.2) is 0 Å². The van der Waals surface area contributed by atoms with Gasteiger partial charge in [-0.2, -0.15) is 0 Å². The van der Waals surface area contributed by atoms with Gasteiger partial charge in [-0.15, -0.1) is 0 Å². The normalized spacial score (nSPS) is 35.2. The Morgan fingerprint density at radius 1 is 1.46 bits per heavy atom. The van der Waals surface area contributed by atoms with E-state index in [4.69, 9.17) is 0 Å². The first kappa shape index (κ1) is 8.97. The number of carbonyl (C=O) groups is 1. The van der Waals surface area contributed by atoms with Crippen LogP contribution in [-0.4, -0.2) is 59.6 Å². The van der Waals surface area contributed by atoms with Gasteiger partial charge in [0.1, 0.15) is 5.54 Å². The lowest BCUT2D eigenvalue weighted by Crippen LogP contribution is -2.64. The van der Waals surface area contributed by atoms with Gasteiger partial charge < -0.3 is 10.0 Å². The summed E-state index contributed by atoms with van der Waals surface area (Å²) in [5.41, 5.74) is -0.563. The Morgan fingerprint density at radius 2 is 2.23 bits per heavy atom. The van der Waals surface area contributed by atoms with Gasteiger partial charge in [-0.1, -0.05) is 0 Å². The molecular formula is C9H16N2O2. The molecule has 2 aliphatic heterocycles. The van der Waals surface area contributed by atoms with E-state index in [1.165, 1.54) is 0 Å². The van der Waals surface area contributed by atoms with Crippen LogP contribution in [0.25, 0.3) is 0 Å². The third-order valence-corrected chi connectivity index (χ3v) is 3.34. The molecule has 1 unspecified atom stereocenters. The molecule has 1 N–H and O–H groups in total. The van der Waals surface area contributed by atoms with Crippen molar-refractivity contribution in [3.8, 4) is 0 Å². The van der Waals surface area contributed by atoms with E-state index in [1.54, 1.807) is 4.90 Å². The van der Waals surface area contributed by atoms with E-state index < -0.39 is 5.54 Å². The average molecular weight is 184 g/mol. The first-order valence-corrected chi connectivity index (χ1v) is 4.82. The van der Waals surface area contributed by atoms with Gasteiger partial charge in [0.2, 0.25) is 5.91 Å². The van der Waals surface area contributed by atoms with Crippen molar-refractivity contribution in [2.45, 2.75) is 18.4 Å². The SMILES string of the molecule is CN1CCN2CCCC2(CO)C1=O. The molecule has 2 rings (SSSR count).